The first-order chi connectivity index (χ1) is 11.6. The number of aliphatic imine (C=N–C) groups is 1. The summed E-state index contributed by atoms with van der Waals surface area (Å²) in [7, 11) is 0. The molecule has 0 aromatic heterocycles. The van der Waals surface area contributed by atoms with Crippen LogP contribution < -0.4 is 10.6 Å². The summed E-state index contributed by atoms with van der Waals surface area (Å²) < 4.78 is 0. The molecule has 5 heteroatoms. The number of halogens is 1. The Balaban J connectivity index is 1.99. The Kier molecular flexibility index (Phi) is 6.94. The van der Waals surface area contributed by atoms with Crippen LogP contribution >= 0.6 is 11.6 Å². The zero-order chi connectivity index (χ0) is 17.4. The molecule has 0 saturated heterocycles. The number of nitrogens with zero attached hydrogens (tertiary/aromatic N) is 1. The average Bonchev–Trinajstić information content (AvgIpc) is 2.55. The molecule has 2 rings (SSSR count). The van der Waals surface area contributed by atoms with Crippen molar-refractivity contribution in [2.24, 2.45) is 4.99 Å². The monoisotopic (exact) mass is 345 g/mol. The molecule has 1 unspecified atom stereocenters. The average molecular weight is 346 g/mol. The summed E-state index contributed by atoms with van der Waals surface area (Å²) in [5.74, 6) is 1.04. The summed E-state index contributed by atoms with van der Waals surface area (Å²) in [6.45, 7) is 5.51. The van der Waals surface area contributed by atoms with Crippen LogP contribution in [0.1, 0.15) is 31.0 Å². The fourth-order valence-corrected chi connectivity index (χ4v) is 2.74. The van der Waals surface area contributed by atoms with Gasteiger partial charge < -0.3 is 15.7 Å². The van der Waals surface area contributed by atoms with Crippen molar-refractivity contribution in [2.45, 2.75) is 26.3 Å². The number of rotatable bonds is 6. The van der Waals surface area contributed by atoms with Crippen LogP contribution in [0.25, 0.3) is 0 Å². The van der Waals surface area contributed by atoms with Gasteiger partial charge in [-0.3, -0.25) is 4.99 Å². The number of nitrogens with one attached hydrogen (secondary N) is 2. The first-order valence-corrected chi connectivity index (χ1v) is 8.55. The van der Waals surface area contributed by atoms with E-state index in [1.165, 1.54) is 0 Å². The van der Waals surface area contributed by atoms with Gasteiger partial charge in [0.1, 0.15) is 5.75 Å². The smallest absolute Gasteiger partial charge is 0.191 e. The lowest BCUT2D eigenvalue weighted by Crippen LogP contribution is -2.39. The van der Waals surface area contributed by atoms with E-state index in [4.69, 9.17) is 11.6 Å². The van der Waals surface area contributed by atoms with Gasteiger partial charge in [0.15, 0.2) is 5.96 Å². The van der Waals surface area contributed by atoms with Gasteiger partial charge in [0.05, 0.1) is 6.04 Å². The Morgan fingerprint density at radius 2 is 2.00 bits per heavy atom. The van der Waals surface area contributed by atoms with Crippen molar-refractivity contribution >= 4 is 17.6 Å². The van der Waals surface area contributed by atoms with E-state index in [1.807, 2.05) is 43.3 Å². The summed E-state index contributed by atoms with van der Waals surface area (Å²) in [5.41, 5.74) is 2.10. The van der Waals surface area contributed by atoms with Gasteiger partial charge in [0.2, 0.25) is 0 Å². The molecule has 0 amide bonds. The summed E-state index contributed by atoms with van der Waals surface area (Å²) >= 11 is 6.25. The molecule has 0 spiro atoms. The second kappa shape index (κ2) is 9.18. The van der Waals surface area contributed by atoms with Gasteiger partial charge in [0, 0.05) is 18.1 Å². The van der Waals surface area contributed by atoms with E-state index in [9.17, 15) is 5.11 Å². The maximum Gasteiger partial charge on any atom is 0.191 e. The first kappa shape index (κ1) is 18.1. The number of phenolic OH excluding ortho intramolecular Hbond substituents is 1. The first-order valence-electron chi connectivity index (χ1n) is 8.17. The minimum atomic E-state index is 0.0530. The van der Waals surface area contributed by atoms with Gasteiger partial charge in [-0.1, -0.05) is 41.9 Å². The van der Waals surface area contributed by atoms with Crippen molar-refractivity contribution in [3.05, 3.63) is 64.7 Å². The van der Waals surface area contributed by atoms with Crippen LogP contribution in [0.2, 0.25) is 5.02 Å². The number of hydrogen-bond donors (Lipinski definition) is 3. The van der Waals surface area contributed by atoms with Gasteiger partial charge in [-0.05, 0) is 49.6 Å². The molecule has 0 fully saturated rings. The summed E-state index contributed by atoms with van der Waals surface area (Å²) in [6.07, 6.45) is 0.769. The Hall–Kier alpha value is -2.20. The molecule has 0 bridgehead atoms. The molecule has 0 aliphatic heterocycles. The van der Waals surface area contributed by atoms with Crippen LogP contribution in [-0.4, -0.2) is 24.2 Å². The standard InChI is InChI=1S/C19H24ClN3O/c1-3-21-19(22-12-11-15-7-6-8-16(24)13-15)23-14(2)17-9-4-5-10-18(17)20/h4-10,13-14,24H,3,11-12H2,1-2H3,(H2,21,22,23). The predicted molar refractivity (Wildman–Crippen MR) is 101 cm³/mol. The molecule has 2 aromatic rings. The van der Waals surface area contributed by atoms with Crippen molar-refractivity contribution < 1.29 is 5.11 Å². The maximum absolute atomic E-state index is 9.50. The number of phenols is 1. The van der Waals surface area contributed by atoms with E-state index in [2.05, 4.69) is 22.5 Å². The number of benzene rings is 2. The fraction of sp³-hybridized carbons (Fsp3) is 0.316. The molecule has 0 radical (unpaired) electrons. The number of aromatic hydroxyl groups is 1. The molecule has 0 saturated carbocycles. The van der Waals surface area contributed by atoms with E-state index in [-0.39, 0.29) is 11.8 Å². The van der Waals surface area contributed by atoms with E-state index in [1.54, 1.807) is 12.1 Å². The largest absolute Gasteiger partial charge is 0.508 e. The van der Waals surface area contributed by atoms with Crippen LogP contribution in [0.15, 0.2) is 53.5 Å². The van der Waals surface area contributed by atoms with Crippen molar-refractivity contribution in [3.8, 4) is 5.75 Å². The minimum Gasteiger partial charge on any atom is -0.508 e. The predicted octanol–water partition coefficient (Wildman–Crippen LogP) is 3.90. The van der Waals surface area contributed by atoms with Crippen LogP contribution in [0.5, 0.6) is 5.75 Å². The Morgan fingerprint density at radius 1 is 1.21 bits per heavy atom. The molecule has 1 atom stereocenters. The van der Waals surface area contributed by atoms with Crippen molar-refractivity contribution in [1.82, 2.24) is 10.6 Å². The maximum atomic E-state index is 9.50. The molecule has 128 valence electrons. The Labute approximate surface area is 148 Å². The quantitative estimate of drug-likeness (QED) is 0.549. The van der Waals surface area contributed by atoms with E-state index < -0.39 is 0 Å². The highest BCUT2D eigenvalue weighted by Crippen LogP contribution is 2.21. The zero-order valence-electron chi connectivity index (χ0n) is 14.1. The third-order valence-electron chi connectivity index (χ3n) is 3.65. The van der Waals surface area contributed by atoms with Crippen LogP contribution in [-0.2, 0) is 6.42 Å². The molecule has 24 heavy (non-hydrogen) atoms. The molecule has 2 aromatic carbocycles. The van der Waals surface area contributed by atoms with Gasteiger partial charge in [-0.15, -0.1) is 0 Å². The van der Waals surface area contributed by atoms with Gasteiger partial charge in [-0.25, -0.2) is 0 Å². The number of hydrogen-bond acceptors (Lipinski definition) is 2. The highest BCUT2D eigenvalue weighted by atomic mass is 35.5. The topological polar surface area (TPSA) is 56.7 Å². The zero-order valence-corrected chi connectivity index (χ0v) is 14.8. The molecule has 4 nitrogen and oxygen atoms in total. The summed E-state index contributed by atoms with van der Waals surface area (Å²) in [5, 5.41) is 16.9. The van der Waals surface area contributed by atoms with Gasteiger partial charge >= 0.3 is 0 Å². The van der Waals surface area contributed by atoms with Gasteiger partial charge in [-0.2, -0.15) is 0 Å². The lowest BCUT2D eigenvalue weighted by atomic mass is 10.1. The second-order valence-corrected chi connectivity index (χ2v) is 5.98. The SMILES string of the molecule is CCNC(=NCCc1cccc(O)c1)NC(C)c1ccccc1Cl. The lowest BCUT2D eigenvalue weighted by Gasteiger charge is -2.19. The molecular formula is C19H24ClN3O. The van der Waals surface area contributed by atoms with E-state index in [0.717, 1.165) is 35.1 Å². The summed E-state index contributed by atoms with van der Waals surface area (Å²) in [4.78, 5) is 4.60. The van der Waals surface area contributed by atoms with E-state index >= 15 is 0 Å². The highest BCUT2D eigenvalue weighted by molar-refractivity contribution is 6.31. The van der Waals surface area contributed by atoms with Crippen LogP contribution in [0, 0.1) is 0 Å². The van der Waals surface area contributed by atoms with Crippen molar-refractivity contribution in [1.29, 1.82) is 0 Å². The van der Waals surface area contributed by atoms with Crippen molar-refractivity contribution in [3.63, 3.8) is 0 Å². The van der Waals surface area contributed by atoms with Gasteiger partial charge in [0.25, 0.3) is 0 Å². The van der Waals surface area contributed by atoms with Crippen molar-refractivity contribution in [2.75, 3.05) is 13.1 Å². The van der Waals surface area contributed by atoms with Crippen LogP contribution in [0.3, 0.4) is 0 Å². The lowest BCUT2D eigenvalue weighted by molar-refractivity contribution is 0.474. The molecule has 0 aliphatic rings. The Morgan fingerprint density at radius 3 is 2.71 bits per heavy atom. The fourth-order valence-electron chi connectivity index (χ4n) is 2.44. The minimum absolute atomic E-state index is 0.0530. The molecular weight excluding hydrogens is 322 g/mol. The summed E-state index contributed by atoms with van der Waals surface area (Å²) in [6, 6.07) is 15.1. The normalized spacial score (nSPS) is 12.7. The van der Waals surface area contributed by atoms with E-state index in [0.29, 0.717) is 6.54 Å². The Bertz CT molecular complexity index is 688. The molecule has 0 heterocycles. The second-order valence-electron chi connectivity index (χ2n) is 5.57. The highest BCUT2D eigenvalue weighted by Gasteiger charge is 2.10. The number of guanidine groups is 1. The molecule has 3 N–H and O–H groups in total. The third-order valence-corrected chi connectivity index (χ3v) is 3.99. The van der Waals surface area contributed by atoms with Crippen LogP contribution in [0.4, 0.5) is 0 Å². The molecule has 0 aliphatic carbocycles. The third kappa shape index (κ3) is 5.46.